The summed E-state index contributed by atoms with van der Waals surface area (Å²) in [6.07, 6.45) is 1.60. The zero-order valence-corrected chi connectivity index (χ0v) is 16.0. The van der Waals surface area contributed by atoms with Crippen molar-refractivity contribution in [3.05, 3.63) is 60.0 Å². The standard InChI is InChI=1S/C21H22N4O3/c1-23(2)19-8-7-16(14-22-19)20(26)24-9-11-25(12-10-24)21(27)18-13-15-5-3-4-6-17(15)28-18/h3-8,13-14H,9-12H2,1-2H3. The Bertz CT molecular complexity index is 969. The van der Waals surface area contributed by atoms with E-state index in [9.17, 15) is 9.59 Å². The molecule has 2 amide bonds. The van der Waals surface area contributed by atoms with Crippen molar-refractivity contribution in [1.29, 1.82) is 0 Å². The number of hydrogen-bond acceptors (Lipinski definition) is 5. The number of rotatable bonds is 3. The van der Waals surface area contributed by atoms with Crippen molar-refractivity contribution in [2.24, 2.45) is 0 Å². The van der Waals surface area contributed by atoms with E-state index in [-0.39, 0.29) is 11.8 Å². The molecule has 0 unspecified atom stereocenters. The zero-order valence-electron chi connectivity index (χ0n) is 16.0. The van der Waals surface area contributed by atoms with Gasteiger partial charge in [0.1, 0.15) is 11.4 Å². The fourth-order valence-electron chi connectivity index (χ4n) is 3.32. The number of pyridine rings is 1. The summed E-state index contributed by atoms with van der Waals surface area (Å²) in [4.78, 5) is 35.1. The van der Waals surface area contributed by atoms with Crippen LogP contribution in [0.15, 0.2) is 53.1 Å². The molecule has 7 heteroatoms. The quantitative estimate of drug-likeness (QED) is 0.700. The van der Waals surface area contributed by atoms with Crippen molar-refractivity contribution in [3.8, 4) is 0 Å². The third kappa shape index (κ3) is 3.43. The Morgan fingerprint density at radius 3 is 2.25 bits per heavy atom. The lowest BCUT2D eigenvalue weighted by Gasteiger charge is -2.34. The van der Waals surface area contributed by atoms with E-state index in [1.165, 1.54) is 0 Å². The summed E-state index contributed by atoms with van der Waals surface area (Å²) < 4.78 is 5.67. The number of aromatic nitrogens is 1. The Labute approximate surface area is 163 Å². The van der Waals surface area contributed by atoms with E-state index in [2.05, 4.69) is 4.98 Å². The molecule has 1 aromatic carbocycles. The van der Waals surface area contributed by atoms with Gasteiger partial charge in [-0.25, -0.2) is 4.98 Å². The Balaban J connectivity index is 1.39. The number of hydrogen-bond donors (Lipinski definition) is 0. The van der Waals surface area contributed by atoms with Crippen molar-refractivity contribution in [2.45, 2.75) is 0 Å². The molecule has 0 N–H and O–H groups in total. The molecule has 4 rings (SSSR count). The maximum Gasteiger partial charge on any atom is 0.289 e. The van der Waals surface area contributed by atoms with Crippen LogP contribution in [0.2, 0.25) is 0 Å². The molecule has 28 heavy (non-hydrogen) atoms. The van der Waals surface area contributed by atoms with Crippen LogP contribution in [0.4, 0.5) is 5.82 Å². The van der Waals surface area contributed by atoms with Gasteiger partial charge in [0.2, 0.25) is 0 Å². The van der Waals surface area contributed by atoms with E-state index in [1.54, 1.807) is 28.1 Å². The maximum atomic E-state index is 12.7. The highest BCUT2D eigenvalue weighted by Gasteiger charge is 2.27. The fraction of sp³-hybridized carbons (Fsp3) is 0.286. The second kappa shape index (κ2) is 7.34. The van der Waals surface area contributed by atoms with Crippen LogP contribution in [0.1, 0.15) is 20.9 Å². The number of benzene rings is 1. The molecular weight excluding hydrogens is 356 g/mol. The molecule has 0 radical (unpaired) electrons. The largest absolute Gasteiger partial charge is 0.451 e. The molecule has 1 fully saturated rings. The van der Waals surface area contributed by atoms with Gasteiger partial charge in [-0.15, -0.1) is 0 Å². The fourth-order valence-corrected chi connectivity index (χ4v) is 3.32. The van der Waals surface area contributed by atoms with Crippen LogP contribution in [0.3, 0.4) is 0 Å². The van der Waals surface area contributed by atoms with Gasteiger partial charge in [0.05, 0.1) is 5.56 Å². The summed E-state index contributed by atoms with van der Waals surface area (Å²) in [6, 6.07) is 12.9. The van der Waals surface area contributed by atoms with Crippen molar-refractivity contribution in [1.82, 2.24) is 14.8 Å². The minimum atomic E-state index is -0.139. The minimum Gasteiger partial charge on any atom is -0.451 e. The predicted octanol–water partition coefficient (Wildman–Crippen LogP) is 2.49. The van der Waals surface area contributed by atoms with E-state index < -0.39 is 0 Å². The molecular formula is C21H22N4O3. The van der Waals surface area contributed by atoms with Crippen molar-refractivity contribution in [3.63, 3.8) is 0 Å². The highest BCUT2D eigenvalue weighted by molar-refractivity contribution is 5.97. The zero-order chi connectivity index (χ0) is 19.7. The average Bonchev–Trinajstić information content (AvgIpc) is 3.17. The van der Waals surface area contributed by atoms with Gasteiger partial charge >= 0.3 is 0 Å². The summed E-state index contributed by atoms with van der Waals surface area (Å²) in [5.74, 6) is 0.941. The third-order valence-electron chi connectivity index (χ3n) is 4.94. The first-order chi connectivity index (χ1) is 13.5. The van der Waals surface area contributed by atoms with Gasteiger partial charge < -0.3 is 19.1 Å². The summed E-state index contributed by atoms with van der Waals surface area (Å²) in [6.45, 7) is 1.93. The van der Waals surface area contributed by atoms with E-state index in [0.717, 1.165) is 11.2 Å². The summed E-state index contributed by atoms with van der Waals surface area (Å²) in [7, 11) is 3.81. The molecule has 7 nitrogen and oxygen atoms in total. The van der Waals surface area contributed by atoms with Gasteiger partial charge in [0, 0.05) is 51.9 Å². The summed E-state index contributed by atoms with van der Waals surface area (Å²) in [5, 5.41) is 0.910. The van der Waals surface area contributed by atoms with Crippen LogP contribution in [0.25, 0.3) is 11.0 Å². The molecule has 0 spiro atoms. The van der Waals surface area contributed by atoms with Crippen LogP contribution in [-0.2, 0) is 0 Å². The number of nitrogens with zero attached hydrogens (tertiary/aromatic N) is 4. The molecule has 1 aliphatic heterocycles. The van der Waals surface area contributed by atoms with Crippen LogP contribution in [-0.4, -0.2) is 66.9 Å². The van der Waals surface area contributed by atoms with Crippen LogP contribution in [0, 0.1) is 0 Å². The molecule has 3 aromatic rings. The van der Waals surface area contributed by atoms with E-state index in [4.69, 9.17) is 4.42 Å². The number of piperazine rings is 1. The van der Waals surface area contributed by atoms with Crippen LogP contribution >= 0.6 is 0 Å². The van der Waals surface area contributed by atoms with Crippen LogP contribution in [0.5, 0.6) is 0 Å². The first-order valence-electron chi connectivity index (χ1n) is 9.23. The maximum absolute atomic E-state index is 12.7. The number of carbonyl (C=O) groups excluding carboxylic acids is 2. The van der Waals surface area contributed by atoms with Gasteiger partial charge in [-0.05, 0) is 24.3 Å². The SMILES string of the molecule is CN(C)c1ccc(C(=O)N2CCN(C(=O)c3cc4ccccc4o3)CC2)cn1. The van der Waals surface area contributed by atoms with Gasteiger partial charge in [0.15, 0.2) is 5.76 Å². The Morgan fingerprint density at radius 2 is 1.64 bits per heavy atom. The second-order valence-corrected chi connectivity index (χ2v) is 7.03. The first kappa shape index (κ1) is 18.0. The van der Waals surface area contributed by atoms with E-state index >= 15 is 0 Å². The highest BCUT2D eigenvalue weighted by Crippen LogP contribution is 2.21. The number of furan rings is 1. The molecule has 0 aliphatic carbocycles. The monoisotopic (exact) mass is 378 g/mol. The Hall–Kier alpha value is -3.35. The lowest BCUT2D eigenvalue weighted by Crippen LogP contribution is -2.50. The summed E-state index contributed by atoms with van der Waals surface area (Å²) >= 11 is 0. The van der Waals surface area contributed by atoms with Gasteiger partial charge in [-0.2, -0.15) is 0 Å². The molecule has 0 bridgehead atoms. The predicted molar refractivity (Wildman–Crippen MR) is 107 cm³/mol. The molecule has 144 valence electrons. The number of amides is 2. The smallest absolute Gasteiger partial charge is 0.289 e. The molecule has 0 saturated carbocycles. The van der Waals surface area contributed by atoms with E-state index in [0.29, 0.717) is 43.1 Å². The average molecular weight is 378 g/mol. The molecule has 1 saturated heterocycles. The molecule has 3 heterocycles. The molecule has 1 aliphatic rings. The lowest BCUT2D eigenvalue weighted by molar-refractivity contribution is 0.0519. The summed E-state index contributed by atoms with van der Waals surface area (Å²) in [5.41, 5.74) is 1.26. The Kier molecular flexibility index (Phi) is 4.73. The molecule has 0 atom stereocenters. The van der Waals surface area contributed by atoms with Crippen molar-refractivity contribution >= 4 is 28.6 Å². The number of para-hydroxylation sites is 1. The topological polar surface area (TPSA) is 69.9 Å². The van der Waals surface area contributed by atoms with E-state index in [1.807, 2.05) is 49.3 Å². The van der Waals surface area contributed by atoms with Crippen molar-refractivity contribution in [2.75, 3.05) is 45.2 Å². The lowest BCUT2D eigenvalue weighted by atomic mass is 10.2. The number of anilines is 1. The first-order valence-corrected chi connectivity index (χ1v) is 9.23. The number of carbonyl (C=O) groups is 2. The van der Waals surface area contributed by atoms with Gasteiger partial charge in [-0.1, -0.05) is 18.2 Å². The normalized spacial score (nSPS) is 14.4. The second-order valence-electron chi connectivity index (χ2n) is 7.03. The van der Waals surface area contributed by atoms with Crippen LogP contribution < -0.4 is 4.90 Å². The molecule has 2 aromatic heterocycles. The van der Waals surface area contributed by atoms with Gasteiger partial charge in [0.25, 0.3) is 11.8 Å². The number of fused-ring (bicyclic) bond motifs is 1. The van der Waals surface area contributed by atoms with Crippen molar-refractivity contribution < 1.29 is 14.0 Å². The highest BCUT2D eigenvalue weighted by atomic mass is 16.3. The third-order valence-corrected chi connectivity index (χ3v) is 4.94. The van der Waals surface area contributed by atoms with Gasteiger partial charge in [-0.3, -0.25) is 9.59 Å². The minimum absolute atomic E-state index is 0.0614. The Morgan fingerprint density at radius 1 is 0.964 bits per heavy atom.